The first-order chi connectivity index (χ1) is 9.69. The van der Waals surface area contributed by atoms with E-state index in [1.165, 1.54) is 12.1 Å². The Bertz CT molecular complexity index is 490. The number of amides is 1. The maximum Gasteiger partial charge on any atom is 0.253 e. The molecule has 2 aliphatic rings. The Hall–Kier alpha value is -1.46. The molecular formula is C15H18FNO3. The van der Waals surface area contributed by atoms with Crippen LogP contribution in [-0.4, -0.2) is 42.9 Å². The van der Waals surface area contributed by atoms with E-state index in [-0.39, 0.29) is 11.7 Å². The minimum Gasteiger partial charge on any atom is -0.350 e. The number of nitrogens with zero attached hydrogens (tertiary/aromatic N) is 1. The van der Waals surface area contributed by atoms with E-state index in [2.05, 4.69) is 0 Å². The van der Waals surface area contributed by atoms with Gasteiger partial charge < -0.3 is 14.4 Å². The van der Waals surface area contributed by atoms with Crippen molar-refractivity contribution in [3.05, 3.63) is 35.6 Å². The van der Waals surface area contributed by atoms with Crippen LogP contribution in [0.25, 0.3) is 0 Å². The van der Waals surface area contributed by atoms with E-state index in [9.17, 15) is 9.18 Å². The first-order valence-electron chi connectivity index (χ1n) is 7.01. The number of carbonyl (C=O) groups is 1. The normalized spacial score (nSPS) is 21.9. The molecular weight excluding hydrogens is 261 g/mol. The molecule has 5 heteroatoms. The van der Waals surface area contributed by atoms with E-state index >= 15 is 0 Å². The van der Waals surface area contributed by atoms with Gasteiger partial charge in [0.15, 0.2) is 5.79 Å². The van der Waals surface area contributed by atoms with Gasteiger partial charge in [0.25, 0.3) is 5.91 Å². The molecule has 0 saturated carbocycles. The summed E-state index contributed by atoms with van der Waals surface area (Å²) in [6, 6.07) is 5.82. The van der Waals surface area contributed by atoms with E-state index in [0.29, 0.717) is 31.5 Å². The quantitative estimate of drug-likeness (QED) is 0.791. The molecule has 0 aliphatic carbocycles. The molecule has 0 radical (unpaired) electrons. The highest BCUT2D eigenvalue weighted by Gasteiger charge is 2.39. The molecule has 1 spiro atoms. The van der Waals surface area contributed by atoms with E-state index < -0.39 is 5.79 Å². The standard InChI is InChI=1S/C15H18FNO3/c16-13-4-1-3-12(11-13)14(18)17-7-5-15(6-8-17)19-9-2-10-20-15/h1,3-4,11H,2,5-10H2. The molecule has 2 aliphatic heterocycles. The summed E-state index contributed by atoms with van der Waals surface area (Å²) in [5.74, 6) is -1.02. The lowest BCUT2D eigenvalue weighted by Crippen LogP contribution is -2.51. The smallest absolute Gasteiger partial charge is 0.253 e. The van der Waals surface area contributed by atoms with E-state index in [4.69, 9.17) is 9.47 Å². The number of ether oxygens (including phenoxy) is 2. The Kier molecular flexibility index (Phi) is 3.72. The van der Waals surface area contributed by atoms with Crippen molar-refractivity contribution in [2.75, 3.05) is 26.3 Å². The van der Waals surface area contributed by atoms with E-state index in [0.717, 1.165) is 19.6 Å². The number of rotatable bonds is 1. The summed E-state index contributed by atoms with van der Waals surface area (Å²) in [7, 11) is 0. The number of halogens is 1. The lowest BCUT2D eigenvalue weighted by atomic mass is 10.0. The van der Waals surface area contributed by atoms with Crippen LogP contribution in [0.3, 0.4) is 0 Å². The van der Waals surface area contributed by atoms with Gasteiger partial charge in [-0.05, 0) is 24.6 Å². The Morgan fingerprint density at radius 1 is 1.20 bits per heavy atom. The molecule has 1 aromatic rings. The highest BCUT2D eigenvalue weighted by Crippen LogP contribution is 2.31. The van der Waals surface area contributed by atoms with Gasteiger partial charge >= 0.3 is 0 Å². The van der Waals surface area contributed by atoms with E-state index in [1.807, 2.05) is 0 Å². The second-order valence-corrected chi connectivity index (χ2v) is 5.26. The molecule has 3 rings (SSSR count). The third-order valence-corrected chi connectivity index (χ3v) is 3.90. The largest absolute Gasteiger partial charge is 0.350 e. The van der Waals surface area contributed by atoms with Crippen LogP contribution >= 0.6 is 0 Å². The van der Waals surface area contributed by atoms with Crippen LogP contribution < -0.4 is 0 Å². The van der Waals surface area contributed by atoms with Crippen LogP contribution in [0.15, 0.2) is 24.3 Å². The molecule has 0 bridgehead atoms. The lowest BCUT2D eigenvalue weighted by Gasteiger charge is -2.43. The van der Waals surface area contributed by atoms with Crippen molar-refractivity contribution in [2.24, 2.45) is 0 Å². The van der Waals surface area contributed by atoms with Crippen molar-refractivity contribution in [1.29, 1.82) is 0 Å². The second kappa shape index (κ2) is 5.50. The zero-order valence-electron chi connectivity index (χ0n) is 11.3. The highest BCUT2D eigenvalue weighted by molar-refractivity contribution is 5.94. The lowest BCUT2D eigenvalue weighted by molar-refractivity contribution is -0.281. The molecule has 0 atom stereocenters. The van der Waals surface area contributed by atoms with Gasteiger partial charge in [0.05, 0.1) is 13.2 Å². The van der Waals surface area contributed by atoms with Crippen LogP contribution in [0.1, 0.15) is 29.6 Å². The summed E-state index contributed by atoms with van der Waals surface area (Å²) in [6.45, 7) is 2.60. The topological polar surface area (TPSA) is 38.8 Å². The molecule has 4 nitrogen and oxygen atoms in total. The maximum absolute atomic E-state index is 13.2. The first kappa shape index (κ1) is 13.5. The summed E-state index contributed by atoms with van der Waals surface area (Å²) >= 11 is 0. The number of benzene rings is 1. The summed E-state index contributed by atoms with van der Waals surface area (Å²) in [5.41, 5.74) is 0.395. The van der Waals surface area contributed by atoms with Crippen molar-refractivity contribution >= 4 is 5.91 Å². The zero-order valence-corrected chi connectivity index (χ0v) is 11.3. The fourth-order valence-electron chi connectivity index (χ4n) is 2.76. The van der Waals surface area contributed by atoms with Gasteiger partial charge in [0, 0.05) is 31.5 Å². The number of hydrogen-bond donors (Lipinski definition) is 0. The number of hydrogen-bond acceptors (Lipinski definition) is 3. The fraction of sp³-hybridized carbons (Fsp3) is 0.533. The van der Waals surface area contributed by atoms with Crippen molar-refractivity contribution in [2.45, 2.75) is 25.0 Å². The summed E-state index contributed by atoms with van der Waals surface area (Å²) in [4.78, 5) is 14.0. The van der Waals surface area contributed by atoms with Gasteiger partial charge in [-0.2, -0.15) is 0 Å². The number of piperidine rings is 1. The molecule has 0 N–H and O–H groups in total. The van der Waals surface area contributed by atoms with Crippen LogP contribution in [0.5, 0.6) is 0 Å². The minimum atomic E-state index is -0.503. The third kappa shape index (κ3) is 2.69. The molecule has 0 aromatic heterocycles. The highest BCUT2D eigenvalue weighted by atomic mass is 19.1. The average Bonchev–Trinajstić information content (AvgIpc) is 2.48. The van der Waals surface area contributed by atoms with Crippen LogP contribution in [-0.2, 0) is 9.47 Å². The van der Waals surface area contributed by atoms with Crippen molar-refractivity contribution in [1.82, 2.24) is 4.90 Å². The Balaban J connectivity index is 1.64. The molecule has 2 heterocycles. The van der Waals surface area contributed by atoms with Gasteiger partial charge in [-0.1, -0.05) is 6.07 Å². The summed E-state index contributed by atoms with van der Waals surface area (Å²) < 4.78 is 24.6. The third-order valence-electron chi connectivity index (χ3n) is 3.90. The Labute approximate surface area is 117 Å². The number of carbonyl (C=O) groups excluding carboxylic acids is 1. The van der Waals surface area contributed by atoms with Crippen molar-refractivity contribution in [3.8, 4) is 0 Å². The SMILES string of the molecule is O=C(c1cccc(F)c1)N1CCC2(CC1)OCCCO2. The Morgan fingerprint density at radius 3 is 2.55 bits per heavy atom. The van der Waals surface area contributed by atoms with Crippen LogP contribution in [0, 0.1) is 5.82 Å². The molecule has 1 aromatic carbocycles. The zero-order chi connectivity index (χ0) is 14.0. The maximum atomic E-state index is 13.2. The predicted octanol–water partition coefficient (Wildman–Crippen LogP) is 2.19. The van der Waals surface area contributed by atoms with Gasteiger partial charge in [-0.15, -0.1) is 0 Å². The van der Waals surface area contributed by atoms with Crippen molar-refractivity contribution < 1.29 is 18.7 Å². The molecule has 20 heavy (non-hydrogen) atoms. The average molecular weight is 279 g/mol. The van der Waals surface area contributed by atoms with E-state index in [1.54, 1.807) is 17.0 Å². The monoisotopic (exact) mass is 279 g/mol. The van der Waals surface area contributed by atoms with Crippen molar-refractivity contribution in [3.63, 3.8) is 0 Å². The van der Waals surface area contributed by atoms with Gasteiger partial charge in [0.2, 0.25) is 0 Å². The summed E-state index contributed by atoms with van der Waals surface area (Å²) in [6.07, 6.45) is 2.27. The molecule has 0 unspecified atom stereocenters. The molecule has 2 saturated heterocycles. The van der Waals surface area contributed by atoms with Gasteiger partial charge in [0.1, 0.15) is 5.82 Å². The predicted molar refractivity (Wildman–Crippen MR) is 70.8 cm³/mol. The van der Waals surface area contributed by atoms with Gasteiger partial charge in [-0.25, -0.2) is 4.39 Å². The van der Waals surface area contributed by atoms with Crippen LogP contribution in [0.4, 0.5) is 4.39 Å². The molecule has 108 valence electrons. The second-order valence-electron chi connectivity index (χ2n) is 5.26. The summed E-state index contributed by atoms with van der Waals surface area (Å²) in [5, 5.41) is 0. The van der Waals surface area contributed by atoms with Crippen LogP contribution in [0.2, 0.25) is 0 Å². The number of likely N-dealkylation sites (tertiary alicyclic amines) is 1. The Morgan fingerprint density at radius 2 is 1.90 bits per heavy atom. The molecule has 2 fully saturated rings. The minimum absolute atomic E-state index is 0.129. The fourth-order valence-corrected chi connectivity index (χ4v) is 2.76. The first-order valence-corrected chi connectivity index (χ1v) is 7.01. The van der Waals surface area contributed by atoms with Gasteiger partial charge in [-0.3, -0.25) is 4.79 Å². The molecule has 1 amide bonds.